The second-order valence-electron chi connectivity index (χ2n) is 3.78. The van der Waals surface area contributed by atoms with Gasteiger partial charge < -0.3 is 11.1 Å². The molecule has 1 rings (SSSR count). The largest absolute Gasteiger partial charge is 0.348 e. The number of carbonyl (C=O) groups is 1. The van der Waals surface area contributed by atoms with Crippen molar-refractivity contribution in [1.82, 2.24) is 5.32 Å². The second-order valence-corrected chi connectivity index (χ2v) is 3.78. The van der Waals surface area contributed by atoms with Crippen molar-refractivity contribution in [2.75, 3.05) is 6.54 Å². The monoisotopic (exact) mass is 242 g/mol. The van der Waals surface area contributed by atoms with Crippen molar-refractivity contribution in [3.63, 3.8) is 0 Å². The minimum absolute atomic E-state index is 0.150. The Labute approximate surface area is 99.0 Å². The van der Waals surface area contributed by atoms with E-state index in [4.69, 9.17) is 5.73 Å². The summed E-state index contributed by atoms with van der Waals surface area (Å²) in [5.74, 6) is -1.64. The van der Waals surface area contributed by atoms with Gasteiger partial charge in [0.25, 0.3) is 0 Å². The summed E-state index contributed by atoms with van der Waals surface area (Å²) in [4.78, 5) is 11.2. The number of nitrogens with two attached hydrogens (primary N) is 1. The zero-order chi connectivity index (χ0) is 12.8. The molecule has 0 fully saturated rings. The van der Waals surface area contributed by atoms with Gasteiger partial charge in [-0.25, -0.2) is 8.78 Å². The molecule has 0 aliphatic carbocycles. The lowest BCUT2D eigenvalue weighted by atomic mass is 10.0. The Morgan fingerprint density at radius 3 is 2.71 bits per heavy atom. The molecular formula is C12H16F2N2O. The van der Waals surface area contributed by atoms with Gasteiger partial charge in [-0.3, -0.25) is 4.79 Å². The number of hydrogen-bond donors (Lipinski definition) is 2. The maximum Gasteiger partial charge on any atom is 0.234 e. The average molecular weight is 242 g/mol. The third-order valence-electron chi connectivity index (χ3n) is 2.44. The standard InChI is InChI=1S/C12H16F2N2O/c1-2-3-11(16-12(17)7-15)9-5-4-8(13)6-10(9)14/h4-6,11H,2-3,7,15H2,1H3,(H,16,17). The first kappa shape index (κ1) is 13.6. The van der Waals surface area contributed by atoms with Crippen LogP contribution in [-0.2, 0) is 4.79 Å². The lowest BCUT2D eigenvalue weighted by molar-refractivity contribution is -0.120. The first-order chi connectivity index (χ1) is 8.08. The molecule has 5 heteroatoms. The van der Waals surface area contributed by atoms with Gasteiger partial charge in [0.15, 0.2) is 0 Å². The van der Waals surface area contributed by atoms with Crippen LogP contribution in [0, 0.1) is 11.6 Å². The number of hydrogen-bond acceptors (Lipinski definition) is 2. The topological polar surface area (TPSA) is 55.1 Å². The summed E-state index contributed by atoms with van der Waals surface area (Å²) < 4.78 is 26.3. The predicted molar refractivity (Wildman–Crippen MR) is 61.2 cm³/mol. The fourth-order valence-corrected chi connectivity index (χ4v) is 1.63. The number of carbonyl (C=O) groups excluding carboxylic acids is 1. The third kappa shape index (κ3) is 3.78. The van der Waals surface area contributed by atoms with Crippen LogP contribution in [0.15, 0.2) is 18.2 Å². The van der Waals surface area contributed by atoms with Crippen LogP contribution in [0.4, 0.5) is 8.78 Å². The van der Waals surface area contributed by atoms with E-state index >= 15 is 0 Å². The van der Waals surface area contributed by atoms with Gasteiger partial charge in [0.05, 0.1) is 12.6 Å². The molecule has 0 aliphatic heterocycles. The fraction of sp³-hybridized carbons (Fsp3) is 0.417. The van der Waals surface area contributed by atoms with Crippen molar-refractivity contribution in [2.24, 2.45) is 5.73 Å². The molecule has 1 unspecified atom stereocenters. The molecule has 17 heavy (non-hydrogen) atoms. The normalized spacial score (nSPS) is 12.2. The molecule has 0 saturated carbocycles. The average Bonchev–Trinajstić information content (AvgIpc) is 2.28. The van der Waals surface area contributed by atoms with Crippen LogP contribution in [0.25, 0.3) is 0 Å². The van der Waals surface area contributed by atoms with E-state index in [0.717, 1.165) is 12.5 Å². The van der Waals surface area contributed by atoms with Crippen LogP contribution in [0.2, 0.25) is 0 Å². The maximum atomic E-state index is 13.6. The number of halogens is 2. The van der Waals surface area contributed by atoms with Crippen LogP contribution < -0.4 is 11.1 Å². The summed E-state index contributed by atoms with van der Waals surface area (Å²) in [6, 6.07) is 2.88. The van der Waals surface area contributed by atoms with Gasteiger partial charge in [0.1, 0.15) is 11.6 Å². The predicted octanol–water partition coefficient (Wildman–Crippen LogP) is 1.88. The summed E-state index contributed by atoms with van der Waals surface area (Å²) in [6.07, 6.45) is 1.35. The Bertz CT molecular complexity index is 396. The van der Waals surface area contributed by atoms with Crippen molar-refractivity contribution in [3.05, 3.63) is 35.4 Å². The van der Waals surface area contributed by atoms with E-state index < -0.39 is 17.7 Å². The van der Waals surface area contributed by atoms with E-state index in [1.807, 2.05) is 6.92 Å². The summed E-state index contributed by atoms with van der Waals surface area (Å²) >= 11 is 0. The molecular weight excluding hydrogens is 226 g/mol. The highest BCUT2D eigenvalue weighted by molar-refractivity contribution is 5.78. The Morgan fingerprint density at radius 2 is 2.18 bits per heavy atom. The van der Waals surface area contributed by atoms with Crippen LogP contribution in [0.5, 0.6) is 0 Å². The van der Waals surface area contributed by atoms with E-state index in [1.165, 1.54) is 12.1 Å². The highest BCUT2D eigenvalue weighted by Gasteiger charge is 2.17. The van der Waals surface area contributed by atoms with Gasteiger partial charge in [-0.15, -0.1) is 0 Å². The molecule has 1 amide bonds. The Hall–Kier alpha value is -1.49. The van der Waals surface area contributed by atoms with E-state index in [2.05, 4.69) is 5.32 Å². The van der Waals surface area contributed by atoms with Crippen molar-refractivity contribution < 1.29 is 13.6 Å². The Kier molecular flexibility index (Phi) is 5.03. The molecule has 0 heterocycles. The van der Waals surface area contributed by atoms with Crippen LogP contribution in [-0.4, -0.2) is 12.5 Å². The molecule has 94 valence electrons. The summed E-state index contributed by atoms with van der Waals surface area (Å²) in [7, 11) is 0. The lowest BCUT2D eigenvalue weighted by Gasteiger charge is -2.18. The van der Waals surface area contributed by atoms with Crippen LogP contribution >= 0.6 is 0 Å². The quantitative estimate of drug-likeness (QED) is 0.828. The van der Waals surface area contributed by atoms with Gasteiger partial charge in [0, 0.05) is 11.6 Å². The highest BCUT2D eigenvalue weighted by atomic mass is 19.1. The minimum Gasteiger partial charge on any atom is -0.348 e. The number of rotatable bonds is 5. The summed E-state index contributed by atoms with van der Waals surface area (Å²) in [6.45, 7) is 1.77. The minimum atomic E-state index is -0.652. The number of amides is 1. The maximum absolute atomic E-state index is 13.6. The van der Waals surface area contributed by atoms with Gasteiger partial charge >= 0.3 is 0 Å². The van der Waals surface area contributed by atoms with Gasteiger partial charge in [-0.1, -0.05) is 19.4 Å². The SMILES string of the molecule is CCCC(NC(=O)CN)c1ccc(F)cc1F. The van der Waals surface area contributed by atoms with E-state index in [0.29, 0.717) is 6.42 Å². The molecule has 1 aromatic carbocycles. The Balaban J connectivity index is 2.92. The van der Waals surface area contributed by atoms with Crippen molar-refractivity contribution in [2.45, 2.75) is 25.8 Å². The molecule has 3 N–H and O–H groups in total. The van der Waals surface area contributed by atoms with E-state index in [1.54, 1.807) is 0 Å². The summed E-state index contributed by atoms with van der Waals surface area (Å²) in [5.41, 5.74) is 5.48. The third-order valence-corrected chi connectivity index (χ3v) is 2.44. The van der Waals surface area contributed by atoms with E-state index in [9.17, 15) is 13.6 Å². The highest BCUT2D eigenvalue weighted by Crippen LogP contribution is 2.22. The molecule has 1 atom stereocenters. The molecule has 3 nitrogen and oxygen atoms in total. The summed E-state index contributed by atoms with van der Waals surface area (Å²) in [5, 5.41) is 2.62. The van der Waals surface area contributed by atoms with Gasteiger partial charge in [-0.2, -0.15) is 0 Å². The number of nitrogens with one attached hydrogen (secondary N) is 1. The zero-order valence-electron chi connectivity index (χ0n) is 9.67. The van der Waals surface area contributed by atoms with Crippen molar-refractivity contribution in [1.29, 1.82) is 0 Å². The smallest absolute Gasteiger partial charge is 0.234 e. The molecule has 0 aliphatic rings. The zero-order valence-corrected chi connectivity index (χ0v) is 9.67. The second kappa shape index (κ2) is 6.30. The van der Waals surface area contributed by atoms with Crippen LogP contribution in [0.3, 0.4) is 0 Å². The van der Waals surface area contributed by atoms with E-state index in [-0.39, 0.29) is 18.0 Å². The molecule has 0 spiro atoms. The molecule has 0 saturated heterocycles. The first-order valence-corrected chi connectivity index (χ1v) is 5.52. The molecule has 1 aromatic rings. The van der Waals surface area contributed by atoms with Crippen LogP contribution in [0.1, 0.15) is 31.4 Å². The molecule has 0 bridgehead atoms. The Morgan fingerprint density at radius 1 is 1.47 bits per heavy atom. The van der Waals surface area contributed by atoms with Crippen molar-refractivity contribution in [3.8, 4) is 0 Å². The molecule has 0 radical (unpaired) electrons. The van der Waals surface area contributed by atoms with Crippen molar-refractivity contribution >= 4 is 5.91 Å². The molecule has 0 aromatic heterocycles. The lowest BCUT2D eigenvalue weighted by Crippen LogP contribution is -2.34. The number of benzene rings is 1. The fourth-order valence-electron chi connectivity index (χ4n) is 1.63. The first-order valence-electron chi connectivity index (χ1n) is 5.52. The van der Waals surface area contributed by atoms with Gasteiger partial charge in [-0.05, 0) is 12.5 Å². The van der Waals surface area contributed by atoms with Gasteiger partial charge in [0.2, 0.25) is 5.91 Å².